The molecule has 1 heterocycles. The molecule has 0 bridgehead atoms. The summed E-state index contributed by atoms with van der Waals surface area (Å²) in [5.74, 6) is 2.13. The summed E-state index contributed by atoms with van der Waals surface area (Å²) in [5, 5.41) is 3.03. The number of benzene rings is 3. The first kappa shape index (κ1) is 24.8. The van der Waals surface area contributed by atoms with Gasteiger partial charge in [0.2, 0.25) is 5.91 Å². The molecule has 0 radical (unpaired) electrons. The van der Waals surface area contributed by atoms with Crippen LogP contribution in [0.15, 0.2) is 78.9 Å². The fourth-order valence-corrected chi connectivity index (χ4v) is 4.56. The van der Waals surface area contributed by atoms with Crippen molar-refractivity contribution < 1.29 is 14.3 Å². The third kappa shape index (κ3) is 6.86. The largest absolute Gasteiger partial charge is 0.497 e. The summed E-state index contributed by atoms with van der Waals surface area (Å²) in [6, 6.07) is 26.6. The SMILES string of the molecule is COc1cccc(O[C@H](CN2CCC(c3cccc(NC(=O)C(C)C)c3)CC2)c2ccccc2)c1. The van der Waals surface area contributed by atoms with Crippen LogP contribution in [0.5, 0.6) is 11.5 Å². The van der Waals surface area contributed by atoms with Crippen LogP contribution in [-0.2, 0) is 4.79 Å². The van der Waals surface area contributed by atoms with E-state index in [4.69, 9.17) is 9.47 Å². The van der Waals surface area contributed by atoms with Crippen molar-refractivity contribution in [2.24, 2.45) is 5.92 Å². The zero-order valence-corrected chi connectivity index (χ0v) is 20.9. The second-order valence-corrected chi connectivity index (χ2v) is 9.54. The molecular weight excluding hydrogens is 436 g/mol. The van der Waals surface area contributed by atoms with Crippen LogP contribution in [0.1, 0.15) is 49.8 Å². The van der Waals surface area contributed by atoms with E-state index in [9.17, 15) is 4.79 Å². The maximum atomic E-state index is 12.1. The molecule has 1 N–H and O–H groups in total. The Morgan fingerprint density at radius 2 is 1.66 bits per heavy atom. The molecule has 184 valence electrons. The lowest BCUT2D eigenvalue weighted by Gasteiger charge is -2.34. The van der Waals surface area contributed by atoms with E-state index in [1.54, 1.807) is 7.11 Å². The molecule has 5 heteroatoms. The molecule has 0 unspecified atom stereocenters. The van der Waals surface area contributed by atoms with Gasteiger partial charge in [0, 0.05) is 24.2 Å². The first-order chi connectivity index (χ1) is 17.0. The van der Waals surface area contributed by atoms with Gasteiger partial charge in [0.1, 0.15) is 17.6 Å². The lowest BCUT2D eigenvalue weighted by Crippen LogP contribution is -2.37. The molecule has 4 rings (SSSR count). The minimum atomic E-state index is -0.0607. The molecule has 1 fully saturated rings. The highest BCUT2D eigenvalue weighted by molar-refractivity contribution is 5.92. The molecule has 0 spiro atoms. The summed E-state index contributed by atoms with van der Waals surface area (Å²) in [6.07, 6.45) is 2.11. The van der Waals surface area contributed by atoms with E-state index in [2.05, 4.69) is 46.6 Å². The maximum absolute atomic E-state index is 12.1. The van der Waals surface area contributed by atoms with Gasteiger partial charge < -0.3 is 14.8 Å². The Bertz CT molecular complexity index is 1090. The molecule has 1 aliphatic rings. The van der Waals surface area contributed by atoms with Gasteiger partial charge in [-0.25, -0.2) is 0 Å². The molecule has 1 aliphatic heterocycles. The number of nitrogens with zero attached hydrogens (tertiary/aromatic N) is 1. The number of amides is 1. The molecule has 0 saturated carbocycles. The zero-order valence-electron chi connectivity index (χ0n) is 20.9. The average Bonchev–Trinajstić information content (AvgIpc) is 2.89. The van der Waals surface area contributed by atoms with Crippen molar-refractivity contribution in [1.29, 1.82) is 0 Å². The molecule has 1 amide bonds. The van der Waals surface area contributed by atoms with Crippen LogP contribution in [0.2, 0.25) is 0 Å². The summed E-state index contributed by atoms with van der Waals surface area (Å²) in [6.45, 7) is 6.68. The molecular formula is C30H36N2O3. The maximum Gasteiger partial charge on any atom is 0.226 e. The van der Waals surface area contributed by atoms with E-state index in [0.29, 0.717) is 5.92 Å². The number of hydrogen-bond acceptors (Lipinski definition) is 4. The Balaban J connectivity index is 1.39. The third-order valence-electron chi connectivity index (χ3n) is 6.65. The minimum Gasteiger partial charge on any atom is -0.497 e. The van der Waals surface area contributed by atoms with Crippen molar-refractivity contribution in [2.75, 3.05) is 32.1 Å². The van der Waals surface area contributed by atoms with Crippen LogP contribution in [0.3, 0.4) is 0 Å². The highest BCUT2D eigenvalue weighted by atomic mass is 16.5. The summed E-state index contributed by atoms with van der Waals surface area (Å²) >= 11 is 0. The van der Waals surface area contributed by atoms with Gasteiger partial charge >= 0.3 is 0 Å². The molecule has 1 saturated heterocycles. The Hall–Kier alpha value is -3.31. The number of carbonyl (C=O) groups excluding carboxylic acids is 1. The van der Waals surface area contributed by atoms with Crippen molar-refractivity contribution >= 4 is 11.6 Å². The lowest BCUT2D eigenvalue weighted by molar-refractivity contribution is -0.118. The van der Waals surface area contributed by atoms with Crippen molar-refractivity contribution in [3.63, 3.8) is 0 Å². The fourth-order valence-electron chi connectivity index (χ4n) is 4.56. The fraction of sp³-hybridized carbons (Fsp3) is 0.367. The second kappa shape index (κ2) is 11.9. The van der Waals surface area contributed by atoms with Gasteiger partial charge in [-0.15, -0.1) is 0 Å². The van der Waals surface area contributed by atoms with Crippen molar-refractivity contribution in [1.82, 2.24) is 4.90 Å². The van der Waals surface area contributed by atoms with E-state index in [0.717, 1.165) is 49.7 Å². The smallest absolute Gasteiger partial charge is 0.226 e. The van der Waals surface area contributed by atoms with E-state index >= 15 is 0 Å². The van der Waals surface area contributed by atoms with Crippen LogP contribution < -0.4 is 14.8 Å². The van der Waals surface area contributed by atoms with Gasteiger partial charge in [0.15, 0.2) is 0 Å². The van der Waals surface area contributed by atoms with Crippen LogP contribution in [0.25, 0.3) is 0 Å². The summed E-state index contributed by atoms with van der Waals surface area (Å²) < 4.78 is 11.8. The summed E-state index contributed by atoms with van der Waals surface area (Å²) in [7, 11) is 1.67. The van der Waals surface area contributed by atoms with Crippen LogP contribution in [-0.4, -0.2) is 37.6 Å². The van der Waals surface area contributed by atoms with Crippen molar-refractivity contribution in [3.05, 3.63) is 90.0 Å². The first-order valence-electron chi connectivity index (χ1n) is 12.5. The Kier molecular flexibility index (Phi) is 8.43. The number of anilines is 1. The predicted molar refractivity (Wildman–Crippen MR) is 141 cm³/mol. The van der Waals surface area contributed by atoms with E-state index < -0.39 is 0 Å². The Morgan fingerprint density at radius 3 is 2.37 bits per heavy atom. The normalized spacial score (nSPS) is 15.5. The average molecular weight is 473 g/mol. The van der Waals surface area contributed by atoms with Crippen molar-refractivity contribution in [2.45, 2.75) is 38.7 Å². The number of rotatable bonds is 9. The van der Waals surface area contributed by atoms with Gasteiger partial charge in [-0.05, 0) is 67.2 Å². The Labute approximate surface area is 209 Å². The number of methoxy groups -OCH3 is 1. The number of likely N-dealkylation sites (tertiary alicyclic amines) is 1. The van der Waals surface area contributed by atoms with E-state index in [1.807, 2.05) is 56.3 Å². The molecule has 3 aromatic rings. The standard InChI is InChI=1S/C30H36N2O3/c1-22(2)30(33)31-26-12-7-11-25(19-26)23-15-17-32(18-16-23)21-29(24-9-5-4-6-10-24)35-28-14-8-13-27(20-28)34-3/h4-14,19-20,22-23,29H,15-18,21H2,1-3H3,(H,31,33)/t29-/m1/s1. The van der Waals surface area contributed by atoms with E-state index in [-0.39, 0.29) is 17.9 Å². The summed E-state index contributed by atoms with van der Waals surface area (Å²) in [5.41, 5.74) is 3.36. The quantitative estimate of drug-likeness (QED) is 0.398. The molecule has 35 heavy (non-hydrogen) atoms. The molecule has 3 aromatic carbocycles. The van der Waals surface area contributed by atoms with Crippen LogP contribution in [0.4, 0.5) is 5.69 Å². The van der Waals surface area contributed by atoms with Gasteiger partial charge in [0.25, 0.3) is 0 Å². The lowest BCUT2D eigenvalue weighted by atomic mass is 9.89. The highest BCUT2D eigenvalue weighted by Crippen LogP contribution is 2.32. The topological polar surface area (TPSA) is 50.8 Å². The summed E-state index contributed by atoms with van der Waals surface area (Å²) in [4.78, 5) is 14.6. The number of ether oxygens (including phenoxy) is 2. The van der Waals surface area contributed by atoms with E-state index in [1.165, 1.54) is 11.1 Å². The third-order valence-corrected chi connectivity index (χ3v) is 6.65. The van der Waals surface area contributed by atoms with Crippen LogP contribution in [0, 0.1) is 5.92 Å². The van der Waals surface area contributed by atoms with Crippen LogP contribution >= 0.6 is 0 Å². The zero-order chi connectivity index (χ0) is 24.6. The molecule has 1 atom stereocenters. The van der Waals surface area contributed by atoms with Gasteiger partial charge in [-0.1, -0.05) is 62.4 Å². The monoisotopic (exact) mass is 472 g/mol. The first-order valence-corrected chi connectivity index (χ1v) is 12.5. The molecule has 0 aromatic heterocycles. The van der Waals surface area contributed by atoms with Crippen molar-refractivity contribution in [3.8, 4) is 11.5 Å². The number of piperidine rings is 1. The number of nitrogens with one attached hydrogen (secondary N) is 1. The number of hydrogen-bond donors (Lipinski definition) is 1. The van der Waals surface area contributed by atoms with Gasteiger partial charge in [0.05, 0.1) is 7.11 Å². The number of carbonyl (C=O) groups is 1. The van der Waals surface area contributed by atoms with Gasteiger partial charge in [-0.3, -0.25) is 9.69 Å². The predicted octanol–water partition coefficient (Wildman–Crippen LogP) is 6.29. The second-order valence-electron chi connectivity index (χ2n) is 9.54. The molecule has 0 aliphatic carbocycles. The minimum absolute atomic E-state index is 0.0290. The van der Waals surface area contributed by atoms with Gasteiger partial charge in [-0.2, -0.15) is 0 Å². The highest BCUT2D eigenvalue weighted by Gasteiger charge is 2.25. The molecule has 5 nitrogen and oxygen atoms in total. The Morgan fingerprint density at radius 1 is 0.943 bits per heavy atom.